The van der Waals surface area contributed by atoms with E-state index < -0.39 is 12.2 Å². The fourth-order valence-electron chi connectivity index (χ4n) is 2.01. The van der Waals surface area contributed by atoms with E-state index in [1.807, 2.05) is 0 Å². The van der Waals surface area contributed by atoms with Crippen molar-refractivity contribution in [1.29, 1.82) is 0 Å². The molecule has 0 radical (unpaired) electrons. The molecule has 1 heterocycles. The second-order valence-electron chi connectivity index (χ2n) is 4.29. The van der Waals surface area contributed by atoms with Crippen LogP contribution in [0.5, 0.6) is 0 Å². The molecule has 0 saturated carbocycles. The first-order valence-electron chi connectivity index (χ1n) is 5.98. The molecule has 2 atom stereocenters. The van der Waals surface area contributed by atoms with E-state index in [2.05, 4.69) is 9.97 Å². The number of benzene rings is 1. The highest BCUT2D eigenvalue weighted by Gasteiger charge is 2.27. The van der Waals surface area contributed by atoms with Crippen molar-refractivity contribution in [2.75, 3.05) is 7.11 Å². The highest BCUT2D eigenvalue weighted by atomic mass is 35.5. The van der Waals surface area contributed by atoms with Crippen LogP contribution in [0.2, 0.25) is 10.0 Å². The largest absolute Gasteiger partial charge is 0.384 e. The molecule has 0 amide bonds. The number of methoxy groups -OCH3 is 1. The minimum atomic E-state index is -0.965. The topological polar surface area (TPSA) is 55.2 Å². The molecule has 0 spiro atoms. The average molecular weight is 313 g/mol. The predicted octanol–water partition coefficient (Wildman–Crippen LogP) is 3.51. The van der Waals surface area contributed by atoms with Gasteiger partial charge in [-0.2, -0.15) is 0 Å². The standard InChI is InChI=1S/C14H14Cl2N2O2/c1-8-12(18-6-5-17-8)13(19)14(20-2)10-4-3-9(15)7-11(10)16/h3-7,13-14,19H,1-2H3. The molecule has 106 valence electrons. The van der Waals surface area contributed by atoms with Crippen LogP contribution < -0.4 is 0 Å². The second kappa shape index (κ2) is 6.50. The average Bonchev–Trinajstić information content (AvgIpc) is 2.42. The van der Waals surface area contributed by atoms with Gasteiger partial charge in [-0.3, -0.25) is 9.97 Å². The van der Waals surface area contributed by atoms with Gasteiger partial charge in [0, 0.05) is 35.1 Å². The second-order valence-corrected chi connectivity index (χ2v) is 5.14. The van der Waals surface area contributed by atoms with Crippen molar-refractivity contribution in [2.24, 2.45) is 0 Å². The van der Waals surface area contributed by atoms with Crippen molar-refractivity contribution in [3.05, 3.63) is 57.6 Å². The van der Waals surface area contributed by atoms with Crippen molar-refractivity contribution in [2.45, 2.75) is 19.1 Å². The zero-order valence-corrected chi connectivity index (χ0v) is 12.6. The first-order chi connectivity index (χ1) is 9.54. The van der Waals surface area contributed by atoms with Gasteiger partial charge in [0.25, 0.3) is 0 Å². The molecule has 2 rings (SSSR count). The van der Waals surface area contributed by atoms with Gasteiger partial charge >= 0.3 is 0 Å². The van der Waals surface area contributed by atoms with Crippen LogP contribution in [-0.4, -0.2) is 22.2 Å². The van der Waals surface area contributed by atoms with E-state index in [9.17, 15) is 5.11 Å². The van der Waals surface area contributed by atoms with Crippen molar-refractivity contribution in [3.63, 3.8) is 0 Å². The molecule has 0 aliphatic heterocycles. The summed E-state index contributed by atoms with van der Waals surface area (Å²) in [4.78, 5) is 8.27. The van der Waals surface area contributed by atoms with Crippen LogP contribution in [0, 0.1) is 6.92 Å². The third-order valence-electron chi connectivity index (χ3n) is 3.01. The Morgan fingerprint density at radius 3 is 2.50 bits per heavy atom. The van der Waals surface area contributed by atoms with Gasteiger partial charge in [-0.25, -0.2) is 0 Å². The molecule has 0 aliphatic carbocycles. The van der Waals surface area contributed by atoms with Crippen LogP contribution >= 0.6 is 23.2 Å². The molecule has 0 aliphatic rings. The number of aromatic nitrogens is 2. The van der Waals surface area contributed by atoms with Gasteiger partial charge in [-0.1, -0.05) is 29.3 Å². The third-order valence-corrected chi connectivity index (χ3v) is 3.57. The highest BCUT2D eigenvalue weighted by molar-refractivity contribution is 6.35. The first-order valence-corrected chi connectivity index (χ1v) is 6.73. The van der Waals surface area contributed by atoms with Crippen molar-refractivity contribution >= 4 is 23.2 Å². The number of hydrogen-bond donors (Lipinski definition) is 1. The van der Waals surface area contributed by atoms with Crippen LogP contribution in [0.15, 0.2) is 30.6 Å². The van der Waals surface area contributed by atoms with E-state index in [1.165, 1.54) is 13.3 Å². The number of rotatable bonds is 4. The summed E-state index contributed by atoms with van der Waals surface area (Å²) in [7, 11) is 1.50. The van der Waals surface area contributed by atoms with E-state index in [-0.39, 0.29) is 0 Å². The van der Waals surface area contributed by atoms with E-state index in [0.717, 1.165) is 0 Å². The molecule has 0 fully saturated rings. The number of nitrogens with zero attached hydrogens (tertiary/aromatic N) is 2. The fourth-order valence-corrected chi connectivity index (χ4v) is 2.53. The lowest BCUT2D eigenvalue weighted by Gasteiger charge is -2.23. The smallest absolute Gasteiger partial charge is 0.128 e. The maximum atomic E-state index is 10.5. The summed E-state index contributed by atoms with van der Waals surface area (Å²) in [5.74, 6) is 0. The van der Waals surface area contributed by atoms with E-state index in [4.69, 9.17) is 27.9 Å². The summed E-state index contributed by atoms with van der Waals surface area (Å²) < 4.78 is 5.38. The molecule has 0 bridgehead atoms. The summed E-state index contributed by atoms with van der Waals surface area (Å²) in [6.45, 7) is 1.78. The first kappa shape index (κ1) is 15.2. The van der Waals surface area contributed by atoms with Crippen LogP contribution in [0.1, 0.15) is 29.2 Å². The van der Waals surface area contributed by atoms with Gasteiger partial charge in [0.05, 0.1) is 11.4 Å². The van der Waals surface area contributed by atoms with Crippen LogP contribution in [0.25, 0.3) is 0 Å². The molecule has 2 aromatic rings. The molecule has 1 aromatic heterocycles. The monoisotopic (exact) mass is 312 g/mol. The summed E-state index contributed by atoms with van der Waals surface area (Å²) in [6.07, 6.45) is 1.49. The summed E-state index contributed by atoms with van der Waals surface area (Å²) in [5.41, 5.74) is 1.76. The normalized spacial score (nSPS) is 14.1. The number of aryl methyl sites for hydroxylation is 1. The Hall–Kier alpha value is -1.20. The number of ether oxygens (including phenoxy) is 1. The Kier molecular flexibility index (Phi) is 4.94. The van der Waals surface area contributed by atoms with E-state index in [0.29, 0.717) is 27.0 Å². The molecule has 2 unspecified atom stereocenters. The van der Waals surface area contributed by atoms with Gasteiger partial charge in [0.15, 0.2) is 0 Å². The highest BCUT2D eigenvalue weighted by Crippen LogP contribution is 2.36. The molecular weight excluding hydrogens is 299 g/mol. The Balaban J connectivity index is 2.39. The van der Waals surface area contributed by atoms with Crippen LogP contribution in [0.3, 0.4) is 0 Å². The number of hydrogen-bond acceptors (Lipinski definition) is 4. The Labute approximate surface area is 127 Å². The van der Waals surface area contributed by atoms with Gasteiger partial charge in [0.2, 0.25) is 0 Å². The minimum absolute atomic E-state index is 0.435. The lowest BCUT2D eigenvalue weighted by atomic mass is 10.0. The van der Waals surface area contributed by atoms with E-state index >= 15 is 0 Å². The molecular formula is C14H14Cl2N2O2. The maximum Gasteiger partial charge on any atom is 0.128 e. The summed E-state index contributed by atoms with van der Waals surface area (Å²) in [6, 6.07) is 5.04. The van der Waals surface area contributed by atoms with Crippen molar-refractivity contribution in [1.82, 2.24) is 9.97 Å². The maximum absolute atomic E-state index is 10.5. The quantitative estimate of drug-likeness (QED) is 0.938. The molecule has 6 heteroatoms. The summed E-state index contributed by atoms with van der Waals surface area (Å²) in [5, 5.41) is 11.5. The van der Waals surface area contributed by atoms with Gasteiger partial charge in [-0.15, -0.1) is 0 Å². The molecule has 1 aromatic carbocycles. The SMILES string of the molecule is COC(c1ccc(Cl)cc1Cl)C(O)c1nccnc1C. The lowest BCUT2D eigenvalue weighted by molar-refractivity contribution is -0.0175. The number of halogens is 2. The van der Waals surface area contributed by atoms with Crippen LogP contribution in [0.4, 0.5) is 0 Å². The van der Waals surface area contributed by atoms with E-state index in [1.54, 1.807) is 31.3 Å². The minimum Gasteiger partial charge on any atom is -0.384 e. The molecule has 20 heavy (non-hydrogen) atoms. The molecule has 4 nitrogen and oxygen atoms in total. The number of aliphatic hydroxyl groups excluding tert-OH is 1. The summed E-state index contributed by atoms with van der Waals surface area (Å²) >= 11 is 12.0. The van der Waals surface area contributed by atoms with Crippen molar-refractivity contribution < 1.29 is 9.84 Å². The zero-order chi connectivity index (χ0) is 14.7. The molecule has 1 N–H and O–H groups in total. The van der Waals surface area contributed by atoms with Gasteiger partial charge < -0.3 is 9.84 Å². The van der Waals surface area contributed by atoms with Gasteiger partial charge in [-0.05, 0) is 19.1 Å². The fraction of sp³-hybridized carbons (Fsp3) is 0.286. The lowest BCUT2D eigenvalue weighted by Crippen LogP contribution is -2.16. The van der Waals surface area contributed by atoms with Crippen LogP contribution in [-0.2, 0) is 4.74 Å². The number of aliphatic hydroxyl groups is 1. The Bertz CT molecular complexity index is 607. The predicted molar refractivity (Wildman–Crippen MR) is 77.9 cm³/mol. The van der Waals surface area contributed by atoms with Gasteiger partial charge in [0.1, 0.15) is 12.2 Å². The zero-order valence-electron chi connectivity index (χ0n) is 11.0. The van der Waals surface area contributed by atoms with Crippen molar-refractivity contribution in [3.8, 4) is 0 Å². The molecule has 0 saturated heterocycles. The third kappa shape index (κ3) is 3.10. The Morgan fingerprint density at radius 2 is 1.90 bits per heavy atom. The Morgan fingerprint density at radius 1 is 1.20 bits per heavy atom.